The number of fused-ring (bicyclic) bond motifs is 2. The van der Waals surface area contributed by atoms with E-state index < -0.39 is 6.43 Å². The van der Waals surface area contributed by atoms with Gasteiger partial charge in [0.25, 0.3) is 6.43 Å². The number of H-pyrrole nitrogens is 1. The van der Waals surface area contributed by atoms with Gasteiger partial charge in [-0.15, -0.1) is 0 Å². The van der Waals surface area contributed by atoms with Crippen molar-refractivity contribution in [2.24, 2.45) is 5.73 Å². The average molecular weight is 433 g/mol. The maximum atomic E-state index is 13.6. The van der Waals surface area contributed by atoms with Gasteiger partial charge in [-0.1, -0.05) is 18.9 Å². The molecule has 5 rings (SSSR count). The predicted molar refractivity (Wildman–Crippen MR) is 118 cm³/mol. The van der Waals surface area contributed by atoms with Crippen LogP contribution in [0.5, 0.6) is 0 Å². The van der Waals surface area contributed by atoms with Crippen molar-refractivity contribution in [3.8, 4) is 17.2 Å². The first kappa shape index (κ1) is 20.3. The van der Waals surface area contributed by atoms with E-state index in [1.807, 2.05) is 6.07 Å². The molecule has 3 heterocycles. The minimum absolute atomic E-state index is 0.000435. The van der Waals surface area contributed by atoms with E-state index in [-0.39, 0.29) is 23.2 Å². The Morgan fingerprint density at radius 1 is 1.12 bits per heavy atom. The zero-order valence-corrected chi connectivity index (χ0v) is 17.1. The first-order valence-corrected chi connectivity index (χ1v) is 10.5. The van der Waals surface area contributed by atoms with Gasteiger partial charge in [0.05, 0.1) is 17.1 Å². The molecular formula is C23H21F2N7. The third kappa shape index (κ3) is 3.52. The van der Waals surface area contributed by atoms with Gasteiger partial charge in [-0.05, 0) is 25.0 Å². The lowest BCUT2D eigenvalue weighted by Crippen LogP contribution is -2.42. The minimum atomic E-state index is -2.75. The van der Waals surface area contributed by atoms with Crippen molar-refractivity contribution in [1.29, 1.82) is 5.26 Å². The van der Waals surface area contributed by atoms with Crippen molar-refractivity contribution in [3.05, 3.63) is 48.0 Å². The normalized spacial score (nSPS) is 18.8. The van der Waals surface area contributed by atoms with E-state index in [2.05, 4.69) is 31.3 Å². The molecule has 9 heteroatoms. The largest absolute Gasteiger partial charge is 0.361 e. The fourth-order valence-corrected chi connectivity index (χ4v) is 4.40. The summed E-state index contributed by atoms with van der Waals surface area (Å²) in [6, 6.07) is 7.44. The van der Waals surface area contributed by atoms with Crippen molar-refractivity contribution < 1.29 is 8.78 Å². The second-order valence-corrected chi connectivity index (χ2v) is 8.09. The number of nitrogens with one attached hydrogen (secondary N) is 2. The predicted octanol–water partition coefficient (Wildman–Crippen LogP) is 4.66. The molecular weight excluding hydrogens is 412 g/mol. The van der Waals surface area contributed by atoms with Gasteiger partial charge < -0.3 is 16.0 Å². The number of rotatable bonds is 4. The Balaban J connectivity index is 1.65. The Bertz CT molecular complexity index is 1340. The molecule has 162 valence electrons. The summed E-state index contributed by atoms with van der Waals surface area (Å²) in [5.74, 6) is 0.360. The lowest BCUT2D eigenvalue weighted by Gasteiger charge is -2.29. The van der Waals surface area contributed by atoms with Crippen LogP contribution in [0.15, 0.2) is 36.8 Å². The summed E-state index contributed by atoms with van der Waals surface area (Å²) in [7, 11) is 0. The van der Waals surface area contributed by atoms with Crippen LogP contribution in [-0.2, 0) is 0 Å². The number of benzene rings is 1. The first-order chi connectivity index (χ1) is 15.5. The molecule has 1 aliphatic rings. The molecule has 4 N–H and O–H groups in total. The highest BCUT2D eigenvalue weighted by Crippen LogP contribution is 2.36. The highest BCUT2D eigenvalue weighted by atomic mass is 19.3. The van der Waals surface area contributed by atoms with Gasteiger partial charge in [-0.25, -0.2) is 18.7 Å². The molecule has 1 fully saturated rings. The maximum Gasteiger partial charge on any atom is 0.281 e. The summed E-state index contributed by atoms with van der Waals surface area (Å²) in [5, 5.41) is 13.5. The van der Waals surface area contributed by atoms with Crippen LogP contribution in [0.4, 0.5) is 14.7 Å². The van der Waals surface area contributed by atoms with Crippen LogP contribution >= 0.6 is 0 Å². The molecule has 3 aromatic heterocycles. The second-order valence-electron chi connectivity index (χ2n) is 8.09. The van der Waals surface area contributed by atoms with E-state index >= 15 is 0 Å². The molecule has 0 bridgehead atoms. The third-order valence-electron chi connectivity index (χ3n) is 6.09. The van der Waals surface area contributed by atoms with E-state index in [9.17, 15) is 8.78 Å². The van der Waals surface area contributed by atoms with Crippen LogP contribution in [0.3, 0.4) is 0 Å². The standard InChI is InChI=1S/C23H21F2N7/c24-22(25)21-16-11-30-23(31-18-4-2-1-3-17(18)27)32-20(16)15(10-29-21)14-9-28-19-7-12(8-26)5-6-13(14)19/h5-7,9-11,17-18,22,28H,1-4,27H2,(H,30,31,32). The summed E-state index contributed by atoms with van der Waals surface area (Å²) in [4.78, 5) is 16.1. The minimum Gasteiger partial charge on any atom is -0.361 e. The number of alkyl halides is 2. The third-order valence-corrected chi connectivity index (χ3v) is 6.09. The highest BCUT2D eigenvalue weighted by molar-refractivity contribution is 6.04. The van der Waals surface area contributed by atoms with E-state index in [0.717, 1.165) is 42.1 Å². The van der Waals surface area contributed by atoms with Gasteiger partial charge in [0, 0.05) is 58.1 Å². The lowest BCUT2D eigenvalue weighted by molar-refractivity contribution is 0.148. The molecule has 0 radical (unpaired) electrons. The molecule has 1 aromatic carbocycles. The van der Waals surface area contributed by atoms with Crippen molar-refractivity contribution in [1.82, 2.24) is 19.9 Å². The Hall–Kier alpha value is -3.64. The van der Waals surface area contributed by atoms with Crippen molar-refractivity contribution >= 4 is 27.8 Å². The number of hydrogen-bond donors (Lipinski definition) is 3. The number of halogens is 2. The monoisotopic (exact) mass is 433 g/mol. The van der Waals surface area contributed by atoms with Crippen LogP contribution in [0.1, 0.15) is 43.4 Å². The molecule has 1 aliphatic carbocycles. The van der Waals surface area contributed by atoms with Crippen LogP contribution in [-0.4, -0.2) is 32.0 Å². The number of nitriles is 1. The van der Waals surface area contributed by atoms with Crippen LogP contribution in [0, 0.1) is 11.3 Å². The number of pyridine rings is 1. The smallest absolute Gasteiger partial charge is 0.281 e. The molecule has 0 saturated heterocycles. The van der Waals surface area contributed by atoms with Crippen molar-refractivity contribution in [2.45, 2.75) is 44.2 Å². The van der Waals surface area contributed by atoms with Gasteiger partial charge in [-0.2, -0.15) is 5.26 Å². The number of aromatic nitrogens is 4. The van der Waals surface area contributed by atoms with E-state index in [0.29, 0.717) is 22.6 Å². The fraction of sp³-hybridized carbons (Fsp3) is 0.304. The Kier molecular flexibility index (Phi) is 5.15. The zero-order chi connectivity index (χ0) is 22.2. The first-order valence-electron chi connectivity index (χ1n) is 10.5. The fourth-order valence-electron chi connectivity index (χ4n) is 4.40. The van der Waals surface area contributed by atoms with Crippen LogP contribution < -0.4 is 11.1 Å². The molecule has 2 atom stereocenters. The van der Waals surface area contributed by atoms with Gasteiger partial charge in [0.1, 0.15) is 5.69 Å². The maximum absolute atomic E-state index is 13.6. The second kappa shape index (κ2) is 8.13. The van der Waals surface area contributed by atoms with Crippen LogP contribution in [0.25, 0.3) is 32.9 Å². The molecule has 2 unspecified atom stereocenters. The summed E-state index contributed by atoms with van der Waals surface area (Å²) < 4.78 is 27.3. The highest BCUT2D eigenvalue weighted by Gasteiger charge is 2.24. The van der Waals surface area contributed by atoms with Crippen molar-refractivity contribution in [3.63, 3.8) is 0 Å². The van der Waals surface area contributed by atoms with Gasteiger partial charge in [-0.3, -0.25) is 4.98 Å². The van der Waals surface area contributed by atoms with Crippen molar-refractivity contribution in [2.75, 3.05) is 5.32 Å². The molecule has 4 aromatic rings. The topological polar surface area (TPSA) is 116 Å². The molecule has 0 amide bonds. The van der Waals surface area contributed by atoms with E-state index in [1.54, 1.807) is 18.3 Å². The lowest BCUT2D eigenvalue weighted by atomic mass is 9.91. The summed E-state index contributed by atoms with van der Waals surface area (Å²) in [6.07, 6.45) is 5.86. The summed E-state index contributed by atoms with van der Waals surface area (Å²) >= 11 is 0. The molecule has 0 aliphatic heterocycles. The molecule has 1 saturated carbocycles. The zero-order valence-electron chi connectivity index (χ0n) is 17.1. The Labute approximate surface area is 182 Å². The van der Waals surface area contributed by atoms with Gasteiger partial charge in [0.15, 0.2) is 0 Å². The van der Waals surface area contributed by atoms with Crippen LogP contribution in [0.2, 0.25) is 0 Å². The number of aromatic amines is 1. The summed E-state index contributed by atoms with van der Waals surface area (Å²) in [6.45, 7) is 0. The number of anilines is 1. The van der Waals surface area contributed by atoms with E-state index in [1.165, 1.54) is 12.4 Å². The molecule has 32 heavy (non-hydrogen) atoms. The Morgan fingerprint density at radius 3 is 2.75 bits per heavy atom. The average Bonchev–Trinajstić information content (AvgIpc) is 3.22. The van der Waals surface area contributed by atoms with Gasteiger partial charge in [0.2, 0.25) is 5.95 Å². The number of nitrogens with zero attached hydrogens (tertiary/aromatic N) is 4. The Morgan fingerprint density at radius 2 is 1.97 bits per heavy atom. The van der Waals surface area contributed by atoms with E-state index in [4.69, 9.17) is 11.0 Å². The number of hydrogen-bond acceptors (Lipinski definition) is 6. The number of nitrogens with two attached hydrogens (primary N) is 1. The quantitative estimate of drug-likeness (QED) is 0.431. The molecule has 0 spiro atoms. The van der Waals surface area contributed by atoms with Gasteiger partial charge >= 0.3 is 0 Å². The molecule has 7 nitrogen and oxygen atoms in total. The SMILES string of the molecule is N#Cc1ccc2c(-c3cnc(C(F)F)c4cnc(NC5CCCCC5N)nc34)c[nH]c2c1. The summed E-state index contributed by atoms with van der Waals surface area (Å²) in [5.41, 5.74) is 8.95.